The number of carbonyl (C=O) groups is 1. The third kappa shape index (κ3) is 3.53. The van der Waals surface area contributed by atoms with Gasteiger partial charge in [-0.1, -0.05) is 0 Å². The van der Waals surface area contributed by atoms with E-state index in [0.29, 0.717) is 5.52 Å². The molecule has 0 aliphatic carbocycles. The first-order chi connectivity index (χ1) is 13.0. The minimum atomic E-state index is -0.902. The van der Waals surface area contributed by atoms with Gasteiger partial charge in [0.25, 0.3) is 0 Å². The molecular formula is C15H14FN9O2. The van der Waals surface area contributed by atoms with Crippen molar-refractivity contribution in [2.45, 2.75) is 6.92 Å². The number of hydrogen-bond donors (Lipinski definition) is 3. The highest BCUT2D eigenvalue weighted by molar-refractivity contribution is 6.36. The normalized spacial score (nSPS) is 11.4. The van der Waals surface area contributed by atoms with Gasteiger partial charge in [-0.2, -0.15) is 5.10 Å². The number of halogens is 1. The average molecular weight is 371 g/mol. The molecule has 27 heavy (non-hydrogen) atoms. The van der Waals surface area contributed by atoms with Crippen molar-refractivity contribution in [1.82, 2.24) is 30.1 Å². The Morgan fingerprint density at radius 3 is 2.85 bits per heavy atom. The largest absolute Gasteiger partial charge is 0.382 e. The van der Waals surface area contributed by atoms with Crippen molar-refractivity contribution in [1.29, 1.82) is 5.41 Å². The molecule has 0 spiro atoms. The number of aromatic nitrogens is 5. The monoisotopic (exact) mass is 371 g/mol. The number of carbonyl (C=O) groups excluding carboxylic acids is 1. The molecule has 0 fully saturated rings. The van der Waals surface area contributed by atoms with Crippen LogP contribution in [0.3, 0.4) is 0 Å². The summed E-state index contributed by atoms with van der Waals surface area (Å²) in [5.74, 6) is -0.397. The molecule has 0 saturated heterocycles. The molecular weight excluding hydrogens is 357 g/mol. The molecule has 0 aliphatic heterocycles. The molecule has 0 bridgehead atoms. The number of hydrazone groups is 1. The molecule has 11 nitrogen and oxygen atoms in total. The van der Waals surface area contributed by atoms with Crippen LogP contribution in [0.25, 0.3) is 22.7 Å². The van der Waals surface area contributed by atoms with Crippen LogP contribution in [0.1, 0.15) is 12.6 Å². The fourth-order valence-electron chi connectivity index (χ4n) is 2.24. The van der Waals surface area contributed by atoms with Crippen molar-refractivity contribution in [3.63, 3.8) is 0 Å². The quantitative estimate of drug-likeness (QED) is 0.317. The van der Waals surface area contributed by atoms with E-state index in [9.17, 15) is 9.18 Å². The van der Waals surface area contributed by atoms with Crippen molar-refractivity contribution in [3.05, 3.63) is 30.2 Å². The number of anilines is 1. The fourth-order valence-corrected chi connectivity index (χ4v) is 2.24. The summed E-state index contributed by atoms with van der Waals surface area (Å²) in [7, 11) is 0. The molecule has 138 valence electrons. The Morgan fingerprint density at radius 2 is 2.19 bits per heavy atom. The predicted octanol–water partition coefficient (Wildman–Crippen LogP) is 0.316. The molecule has 0 aromatic carbocycles. The van der Waals surface area contributed by atoms with E-state index >= 15 is 0 Å². The standard InChI is InChI=1S/C15H14FN9O2/c1-8(26)27-25-14-10(23-15(25)12-13(18)20-5-4-19-12)3-2-9(22-14)11(6-17)24-21-7-16/h2-6,17,21H,7H2,1H3,(H2,18,20)/b17-6?,24-11+. The summed E-state index contributed by atoms with van der Waals surface area (Å²) < 4.78 is 13.4. The Labute approximate surface area is 151 Å². The molecule has 12 heteroatoms. The van der Waals surface area contributed by atoms with Crippen LogP contribution in [0.5, 0.6) is 0 Å². The van der Waals surface area contributed by atoms with E-state index in [-0.39, 0.29) is 34.4 Å². The van der Waals surface area contributed by atoms with Crippen LogP contribution in [0.2, 0.25) is 0 Å². The van der Waals surface area contributed by atoms with Crippen molar-refractivity contribution >= 4 is 34.9 Å². The number of pyridine rings is 1. The van der Waals surface area contributed by atoms with Crippen LogP contribution in [0.15, 0.2) is 29.6 Å². The van der Waals surface area contributed by atoms with Crippen LogP contribution >= 0.6 is 0 Å². The fraction of sp³-hybridized carbons (Fsp3) is 0.133. The van der Waals surface area contributed by atoms with E-state index in [2.05, 4.69) is 30.5 Å². The third-order valence-corrected chi connectivity index (χ3v) is 3.28. The van der Waals surface area contributed by atoms with Crippen LogP contribution in [0, 0.1) is 5.41 Å². The number of nitrogens with one attached hydrogen (secondary N) is 2. The number of hydrogen-bond acceptors (Lipinski definition) is 10. The number of imidazole rings is 1. The smallest absolute Gasteiger partial charge is 0.330 e. The second-order valence-corrected chi connectivity index (χ2v) is 5.08. The van der Waals surface area contributed by atoms with Gasteiger partial charge in [0.1, 0.15) is 11.2 Å². The Bertz CT molecular complexity index is 1050. The number of nitrogens with zero attached hydrogens (tertiary/aromatic N) is 6. The lowest BCUT2D eigenvalue weighted by molar-refractivity contribution is -0.140. The van der Waals surface area contributed by atoms with Crippen LogP contribution in [-0.4, -0.2) is 49.4 Å². The SMILES string of the molecule is CC(=O)On1c(-c2nccnc2N)nc2ccc(/C(C=N)=N/NCF)nc21. The van der Waals surface area contributed by atoms with Crippen molar-refractivity contribution in [2.75, 3.05) is 12.5 Å². The van der Waals surface area contributed by atoms with E-state index in [1.807, 2.05) is 0 Å². The summed E-state index contributed by atoms with van der Waals surface area (Å²) in [6.45, 7) is 0.316. The number of nitrogen functional groups attached to an aromatic ring is 1. The Balaban J connectivity index is 2.22. The van der Waals surface area contributed by atoms with Gasteiger partial charge in [0, 0.05) is 25.5 Å². The number of fused-ring (bicyclic) bond motifs is 1. The summed E-state index contributed by atoms with van der Waals surface area (Å²) in [4.78, 5) is 33.5. The minimum Gasteiger partial charge on any atom is -0.382 e. The number of nitrogens with two attached hydrogens (primary N) is 1. The maximum absolute atomic E-state index is 12.3. The number of rotatable bonds is 6. The van der Waals surface area contributed by atoms with Crippen molar-refractivity contribution < 1.29 is 14.0 Å². The summed E-state index contributed by atoms with van der Waals surface area (Å²) in [5.41, 5.74) is 9.03. The summed E-state index contributed by atoms with van der Waals surface area (Å²) in [6.07, 6.45) is 3.74. The maximum atomic E-state index is 12.3. The van der Waals surface area contributed by atoms with Gasteiger partial charge in [-0.05, 0) is 12.1 Å². The van der Waals surface area contributed by atoms with Gasteiger partial charge in [-0.15, -0.1) is 4.73 Å². The first-order valence-corrected chi connectivity index (χ1v) is 7.57. The first kappa shape index (κ1) is 17.8. The van der Waals surface area contributed by atoms with E-state index in [4.69, 9.17) is 16.0 Å². The molecule has 3 rings (SSSR count). The zero-order valence-electron chi connectivity index (χ0n) is 14.0. The number of alkyl halides is 1. The zero-order valence-corrected chi connectivity index (χ0v) is 14.0. The topological polar surface area (TPSA) is 157 Å². The van der Waals surface area contributed by atoms with E-state index in [1.54, 1.807) is 12.1 Å². The second-order valence-electron chi connectivity index (χ2n) is 5.08. The van der Waals surface area contributed by atoms with Crippen LogP contribution in [-0.2, 0) is 4.79 Å². The molecule has 0 aliphatic rings. The van der Waals surface area contributed by atoms with Gasteiger partial charge < -0.3 is 16.0 Å². The minimum absolute atomic E-state index is 0.0747. The second kappa shape index (κ2) is 7.51. The van der Waals surface area contributed by atoms with Gasteiger partial charge in [0.15, 0.2) is 24.0 Å². The maximum Gasteiger partial charge on any atom is 0.330 e. The highest BCUT2D eigenvalue weighted by Gasteiger charge is 2.21. The van der Waals surface area contributed by atoms with Crippen molar-refractivity contribution in [2.24, 2.45) is 5.10 Å². The van der Waals surface area contributed by atoms with Gasteiger partial charge >= 0.3 is 5.97 Å². The first-order valence-electron chi connectivity index (χ1n) is 7.57. The molecule has 3 heterocycles. The molecule has 0 atom stereocenters. The highest BCUT2D eigenvalue weighted by Crippen LogP contribution is 2.24. The Morgan fingerprint density at radius 1 is 1.41 bits per heavy atom. The lowest BCUT2D eigenvalue weighted by Crippen LogP contribution is -2.19. The third-order valence-electron chi connectivity index (χ3n) is 3.28. The summed E-state index contributed by atoms with van der Waals surface area (Å²) in [6, 6.07) is 3.13. The summed E-state index contributed by atoms with van der Waals surface area (Å²) >= 11 is 0. The lowest BCUT2D eigenvalue weighted by atomic mass is 10.2. The molecule has 0 unspecified atom stereocenters. The van der Waals surface area contributed by atoms with E-state index in [0.717, 1.165) is 10.9 Å². The summed E-state index contributed by atoms with van der Waals surface area (Å²) in [5, 5.41) is 11.1. The van der Waals surface area contributed by atoms with Gasteiger partial charge in [-0.3, -0.25) is 5.43 Å². The van der Waals surface area contributed by atoms with Crippen LogP contribution < -0.4 is 16.0 Å². The van der Waals surface area contributed by atoms with E-state index < -0.39 is 12.8 Å². The van der Waals surface area contributed by atoms with Gasteiger partial charge in [-0.25, -0.2) is 29.1 Å². The Hall–Kier alpha value is -3.96. The highest BCUT2D eigenvalue weighted by atomic mass is 19.1. The zero-order chi connectivity index (χ0) is 19.4. The molecule has 0 amide bonds. The van der Waals surface area contributed by atoms with Crippen LogP contribution in [0.4, 0.5) is 10.2 Å². The molecule has 0 radical (unpaired) electrons. The molecule has 3 aromatic heterocycles. The Kier molecular flexibility index (Phi) is 4.97. The molecule has 0 saturated carbocycles. The molecule has 3 aromatic rings. The predicted molar refractivity (Wildman–Crippen MR) is 94.7 cm³/mol. The molecule has 4 N–H and O–H groups in total. The lowest BCUT2D eigenvalue weighted by Gasteiger charge is -2.07. The van der Waals surface area contributed by atoms with E-state index in [1.165, 1.54) is 19.3 Å². The van der Waals surface area contributed by atoms with Gasteiger partial charge in [0.2, 0.25) is 5.82 Å². The average Bonchev–Trinajstić information content (AvgIpc) is 3.00. The van der Waals surface area contributed by atoms with Gasteiger partial charge in [0.05, 0.1) is 5.69 Å². The van der Waals surface area contributed by atoms with Crippen molar-refractivity contribution in [3.8, 4) is 11.5 Å².